The van der Waals surface area contributed by atoms with Gasteiger partial charge in [-0.1, -0.05) is 6.92 Å². The molecule has 0 aromatic carbocycles. The van der Waals surface area contributed by atoms with E-state index in [4.69, 9.17) is 9.84 Å². The van der Waals surface area contributed by atoms with Crippen LogP contribution in [-0.2, 0) is 14.0 Å². The fourth-order valence-electron chi connectivity index (χ4n) is 1.00. The van der Waals surface area contributed by atoms with Crippen molar-refractivity contribution in [3.05, 3.63) is 0 Å². The van der Waals surface area contributed by atoms with Crippen LogP contribution in [-0.4, -0.2) is 27.3 Å². The quantitative estimate of drug-likeness (QED) is 0.339. The van der Waals surface area contributed by atoms with Gasteiger partial charge in [-0.15, -0.1) is 0 Å². The van der Waals surface area contributed by atoms with Crippen molar-refractivity contribution in [3.8, 4) is 0 Å². The molecule has 1 N–H and O–H groups in total. The highest BCUT2D eigenvalue weighted by molar-refractivity contribution is 6.71. The summed E-state index contributed by atoms with van der Waals surface area (Å²) in [4.78, 5) is 11.2. The Morgan fingerprint density at radius 3 is 2.21 bits per heavy atom. The van der Waals surface area contributed by atoms with Gasteiger partial charge < -0.3 is 9.16 Å². The second kappa shape index (κ2) is 5.14. The van der Waals surface area contributed by atoms with Crippen molar-refractivity contribution in [1.29, 1.82) is 5.41 Å². The van der Waals surface area contributed by atoms with E-state index in [1.54, 1.807) is 0 Å². The molecule has 0 radical (unpaired) electrons. The molecule has 0 amide bonds. The molecule has 0 aromatic rings. The van der Waals surface area contributed by atoms with Gasteiger partial charge in [0, 0.05) is 0 Å². The van der Waals surface area contributed by atoms with Crippen LogP contribution in [0.3, 0.4) is 0 Å². The highest BCUT2D eigenvalue weighted by Gasteiger charge is 2.28. The molecule has 1 atom stereocenters. The Morgan fingerprint density at radius 1 is 1.43 bits per heavy atom. The van der Waals surface area contributed by atoms with Crippen LogP contribution in [0.5, 0.6) is 0 Å². The number of rotatable bonds is 4. The van der Waals surface area contributed by atoms with Crippen molar-refractivity contribution in [2.75, 3.05) is 7.11 Å². The first-order valence-corrected chi connectivity index (χ1v) is 8.08. The van der Waals surface area contributed by atoms with Gasteiger partial charge in [0.1, 0.15) is 5.92 Å². The van der Waals surface area contributed by atoms with E-state index in [2.05, 4.69) is 4.74 Å². The molecule has 0 bridgehead atoms. The molecule has 14 heavy (non-hydrogen) atoms. The van der Waals surface area contributed by atoms with Crippen molar-refractivity contribution in [1.82, 2.24) is 0 Å². The van der Waals surface area contributed by atoms with E-state index >= 15 is 0 Å². The van der Waals surface area contributed by atoms with Crippen molar-refractivity contribution in [2.24, 2.45) is 5.92 Å². The molecular formula is C9H19NO3Si. The van der Waals surface area contributed by atoms with Crippen LogP contribution in [0.2, 0.25) is 19.6 Å². The monoisotopic (exact) mass is 217 g/mol. The second-order valence-corrected chi connectivity index (χ2v) is 8.49. The third-order valence-corrected chi connectivity index (χ3v) is 2.46. The van der Waals surface area contributed by atoms with Gasteiger partial charge in [0.25, 0.3) is 0 Å². The van der Waals surface area contributed by atoms with E-state index in [1.807, 2.05) is 26.6 Å². The molecule has 0 aliphatic carbocycles. The molecule has 0 rings (SSSR count). The second-order valence-electron chi connectivity index (χ2n) is 4.06. The normalized spacial score (nSPS) is 13.2. The molecule has 0 saturated carbocycles. The van der Waals surface area contributed by atoms with Gasteiger partial charge in [0.2, 0.25) is 8.32 Å². The van der Waals surface area contributed by atoms with E-state index in [-0.39, 0.29) is 5.90 Å². The molecule has 5 heteroatoms. The van der Waals surface area contributed by atoms with Crippen molar-refractivity contribution < 1.29 is 14.0 Å². The van der Waals surface area contributed by atoms with Crippen LogP contribution in [0.15, 0.2) is 0 Å². The lowest BCUT2D eigenvalue weighted by Crippen LogP contribution is -2.35. The van der Waals surface area contributed by atoms with Gasteiger partial charge >= 0.3 is 5.97 Å². The average Bonchev–Trinajstić information content (AvgIpc) is 2.01. The zero-order valence-corrected chi connectivity index (χ0v) is 10.5. The van der Waals surface area contributed by atoms with E-state index in [0.29, 0.717) is 6.42 Å². The molecule has 0 aliphatic rings. The zero-order chi connectivity index (χ0) is 11.4. The Kier molecular flexibility index (Phi) is 4.83. The van der Waals surface area contributed by atoms with E-state index in [9.17, 15) is 4.79 Å². The Morgan fingerprint density at radius 2 is 1.93 bits per heavy atom. The predicted octanol–water partition coefficient (Wildman–Crippen LogP) is 2.01. The van der Waals surface area contributed by atoms with Crippen molar-refractivity contribution >= 4 is 20.2 Å². The summed E-state index contributed by atoms with van der Waals surface area (Å²) in [5.74, 6) is -0.902. The molecule has 82 valence electrons. The Hall–Kier alpha value is -0.843. The van der Waals surface area contributed by atoms with Crippen LogP contribution in [0.4, 0.5) is 0 Å². The largest absolute Gasteiger partial charge is 0.534 e. The topological polar surface area (TPSA) is 59.4 Å². The maximum Gasteiger partial charge on any atom is 0.318 e. The van der Waals surface area contributed by atoms with Gasteiger partial charge in [-0.3, -0.25) is 10.2 Å². The smallest absolute Gasteiger partial charge is 0.318 e. The van der Waals surface area contributed by atoms with Gasteiger partial charge in [-0.25, -0.2) is 0 Å². The SMILES string of the molecule is CCC(C(=N)O[Si](C)(C)C)C(=O)OC. The standard InChI is InChI=1S/C9H19NO3Si/c1-6-7(9(11)12-2)8(10)13-14(3,4)5/h7,10H,6H2,1-5H3. The summed E-state index contributed by atoms with van der Waals surface area (Å²) in [5.41, 5.74) is 0. The van der Waals surface area contributed by atoms with Gasteiger partial charge in [-0.05, 0) is 26.1 Å². The third-order valence-electron chi connectivity index (χ3n) is 1.63. The highest BCUT2D eigenvalue weighted by atomic mass is 28.4. The van der Waals surface area contributed by atoms with E-state index in [1.165, 1.54) is 7.11 Å². The molecular weight excluding hydrogens is 198 g/mol. The summed E-state index contributed by atoms with van der Waals surface area (Å²) in [5, 5.41) is 7.65. The van der Waals surface area contributed by atoms with Crippen molar-refractivity contribution in [2.45, 2.75) is 33.0 Å². The maximum absolute atomic E-state index is 11.2. The number of carbonyl (C=O) groups excluding carboxylic acids is 1. The molecule has 0 spiro atoms. The lowest BCUT2D eigenvalue weighted by Gasteiger charge is -2.23. The number of ether oxygens (including phenoxy) is 1. The van der Waals surface area contributed by atoms with Gasteiger partial charge in [-0.2, -0.15) is 0 Å². The Bertz CT molecular complexity index is 223. The minimum atomic E-state index is -1.79. The first-order valence-electron chi connectivity index (χ1n) is 4.67. The molecule has 1 unspecified atom stereocenters. The number of hydrogen-bond acceptors (Lipinski definition) is 4. The van der Waals surface area contributed by atoms with Gasteiger partial charge in [0.05, 0.1) is 7.11 Å². The summed E-state index contributed by atoms with van der Waals surface area (Å²) in [6, 6.07) is 0. The zero-order valence-electron chi connectivity index (χ0n) is 9.51. The third kappa shape index (κ3) is 4.41. The summed E-state index contributed by atoms with van der Waals surface area (Å²) < 4.78 is 10.0. The molecule has 0 saturated heterocycles. The van der Waals surface area contributed by atoms with Crippen LogP contribution in [0.25, 0.3) is 0 Å². The lowest BCUT2D eigenvalue weighted by atomic mass is 10.1. The first kappa shape index (κ1) is 13.2. The summed E-state index contributed by atoms with van der Waals surface area (Å²) in [6.45, 7) is 7.77. The molecule has 4 nitrogen and oxygen atoms in total. The highest BCUT2D eigenvalue weighted by Crippen LogP contribution is 2.12. The molecule has 0 fully saturated rings. The molecule has 0 aliphatic heterocycles. The number of carbonyl (C=O) groups is 1. The summed E-state index contributed by atoms with van der Waals surface area (Å²) >= 11 is 0. The van der Waals surface area contributed by atoms with Crippen LogP contribution < -0.4 is 0 Å². The number of hydrogen-bond donors (Lipinski definition) is 1. The van der Waals surface area contributed by atoms with Gasteiger partial charge in [0.15, 0.2) is 5.90 Å². The lowest BCUT2D eigenvalue weighted by molar-refractivity contribution is -0.143. The Balaban J connectivity index is 4.40. The maximum atomic E-state index is 11.2. The summed E-state index contributed by atoms with van der Waals surface area (Å²) in [7, 11) is -0.464. The first-order chi connectivity index (χ1) is 6.31. The fraction of sp³-hybridized carbons (Fsp3) is 0.778. The predicted molar refractivity (Wildman–Crippen MR) is 58.0 cm³/mol. The number of nitrogens with one attached hydrogen (secondary N) is 1. The van der Waals surface area contributed by atoms with Crippen LogP contribution >= 0.6 is 0 Å². The van der Waals surface area contributed by atoms with E-state index in [0.717, 1.165) is 0 Å². The number of methoxy groups -OCH3 is 1. The minimum Gasteiger partial charge on any atom is -0.534 e. The van der Waals surface area contributed by atoms with Crippen molar-refractivity contribution in [3.63, 3.8) is 0 Å². The average molecular weight is 217 g/mol. The molecule has 0 aromatic heterocycles. The fourth-order valence-corrected chi connectivity index (χ4v) is 1.80. The Labute approximate surface area is 86.2 Å². The molecule has 0 heterocycles. The number of esters is 1. The van der Waals surface area contributed by atoms with E-state index < -0.39 is 20.2 Å². The summed E-state index contributed by atoms with van der Waals surface area (Å²) in [6.07, 6.45) is 0.538. The van der Waals surface area contributed by atoms with Crippen LogP contribution in [0, 0.1) is 11.3 Å². The minimum absolute atomic E-state index is 0.0403. The van der Waals surface area contributed by atoms with Crippen LogP contribution in [0.1, 0.15) is 13.3 Å².